The molecule has 1 N–H and O–H groups in total. The maximum absolute atomic E-state index is 4.65. The van der Waals surface area contributed by atoms with Crippen molar-refractivity contribution in [2.75, 3.05) is 23.8 Å². The Balaban J connectivity index is 2.22. The van der Waals surface area contributed by atoms with Crippen molar-refractivity contribution in [3.05, 3.63) is 30.1 Å². The molecule has 2 aromatic rings. The predicted octanol–water partition coefficient (Wildman–Crippen LogP) is 2.23. The van der Waals surface area contributed by atoms with E-state index in [9.17, 15) is 0 Å². The number of hydrogen-bond donors (Lipinski definition) is 1. The highest BCUT2D eigenvalue weighted by atomic mass is 15.2. The molecule has 0 aliphatic heterocycles. The van der Waals surface area contributed by atoms with E-state index in [0.717, 1.165) is 49.2 Å². The summed E-state index contributed by atoms with van der Waals surface area (Å²) < 4.78 is 2.02. The molecule has 6 heteroatoms. The molecular weight excluding hydrogens is 264 g/mol. The Morgan fingerprint density at radius 3 is 2.71 bits per heavy atom. The Labute approximate surface area is 126 Å². The van der Waals surface area contributed by atoms with Crippen molar-refractivity contribution in [3.63, 3.8) is 0 Å². The SMILES string of the molecule is CCCc1nc(NCC)cc(N(C)Cc2nccn2C)n1. The molecule has 0 aromatic carbocycles. The van der Waals surface area contributed by atoms with E-state index in [1.165, 1.54) is 0 Å². The first kappa shape index (κ1) is 15.3. The summed E-state index contributed by atoms with van der Waals surface area (Å²) >= 11 is 0. The lowest BCUT2D eigenvalue weighted by Gasteiger charge is -2.19. The molecule has 6 nitrogen and oxygen atoms in total. The van der Waals surface area contributed by atoms with Crippen LogP contribution in [0.4, 0.5) is 11.6 Å². The molecule has 0 unspecified atom stereocenters. The van der Waals surface area contributed by atoms with E-state index in [1.54, 1.807) is 0 Å². The molecule has 114 valence electrons. The van der Waals surface area contributed by atoms with Gasteiger partial charge in [0.1, 0.15) is 23.3 Å². The van der Waals surface area contributed by atoms with Crippen LogP contribution >= 0.6 is 0 Å². The van der Waals surface area contributed by atoms with Gasteiger partial charge in [0.05, 0.1) is 6.54 Å². The Morgan fingerprint density at radius 2 is 2.10 bits per heavy atom. The van der Waals surface area contributed by atoms with E-state index in [-0.39, 0.29) is 0 Å². The maximum atomic E-state index is 4.65. The summed E-state index contributed by atoms with van der Waals surface area (Å²) in [6, 6.07) is 1.99. The largest absolute Gasteiger partial charge is 0.370 e. The zero-order valence-corrected chi connectivity index (χ0v) is 13.3. The second-order valence-corrected chi connectivity index (χ2v) is 5.12. The molecule has 0 spiro atoms. The van der Waals surface area contributed by atoms with Gasteiger partial charge in [-0.2, -0.15) is 0 Å². The lowest BCUT2D eigenvalue weighted by molar-refractivity contribution is 0.747. The van der Waals surface area contributed by atoms with E-state index in [2.05, 4.69) is 39.0 Å². The van der Waals surface area contributed by atoms with Gasteiger partial charge in [-0.15, -0.1) is 0 Å². The number of aryl methyl sites for hydroxylation is 2. The first-order chi connectivity index (χ1) is 10.1. The highest BCUT2D eigenvalue weighted by Crippen LogP contribution is 2.17. The molecule has 2 rings (SSSR count). The fourth-order valence-corrected chi connectivity index (χ4v) is 2.13. The average Bonchev–Trinajstić information content (AvgIpc) is 2.85. The van der Waals surface area contributed by atoms with Crippen LogP contribution in [0.15, 0.2) is 18.5 Å². The summed E-state index contributed by atoms with van der Waals surface area (Å²) in [4.78, 5) is 15.7. The van der Waals surface area contributed by atoms with Gasteiger partial charge in [0.15, 0.2) is 0 Å². The van der Waals surface area contributed by atoms with Crippen LogP contribution in [0.2, 0.25) is 0 Å². The quantitative estimate of drug-likeness (QED) is 0.846. The fourth-order valence-electron chi connectivity index (χ4n) is 2.13. The van der Waals surface area contributed by atoms with Gasteiger partial charge in [0.2, 0.25) is 0 Å². The van der Waals surface area contributed by atoms with Crippen LogP contribution in [0.5, 0.6) is 0 Å². The smallest absolute Gasteiger partial charge is 0.134 e. The van der Waals surface area contributed by atoms with Crippen molar-refractivity contribution >= 4 is 11.6 Å². The van der Waals surface area contributed by atoms with Crippen molar-refractivity contribution in [3.8, 4) is 0 Å². The third-order valence-electron chi connectivity index (χ3n) is 3.28. The second kappa shape index (κ2) is 7.06. The first-order valence-electron chi connectivity index (χ1n) is 7.43. The molecule has 0 bridgehead atoms. The predicted molar refractivity (Wildman–Crippen MR) is 85.5 cm³/mol. The number of nitrogens with one attached hydrogen (secondary N) is 1. The number of nitrogens with zero attached hydrogens (tertiary/aromatic N) is 5. The minimum atomic E-state index is 0.720. The lowest BCUT2D eigenvalue weighted by atomic mass is 10.3. The van der Waals surface area contributed by atoms with E-state index in [4.69, 9.17) is 0 Å². The van der Waals surface area contributed by atoms with Crippen LogP contribution in [0, 0.1) is 0 Å². The molecule has 0 aliphatic carbocycles. The third kappa shape index (κ3) is 3.93. The van der Waals surface area contributed by atoms with Gasteiger partial charge < -0.3 is 14.8 Å². The molecule has 0 saturated carbocycles. The maximum Gasteiger partial charge on any atom is 0.134 e. The normalized spacial score (nSPS) is 10.7. The zero-order chi connectivity index (χ0) is 15.2. The summed E-state index contributed by atoms with van der Waals surface area (Å²) in [7, 11) is 4.03. The molecule has 0 fully saturated rings. The van der Waals surface area contributed by atoms with Crippen LogP contribution in [0.3, 0.4) is 0 Å². The van der Waals surface area contributed by atoms with Crippen molar-refractivity contribution in [2.24, 2.45) is 7.05 Å². The lowest BCUT2D eigenvalue weighted by Crippen LogP contribution is -2.21. The summed E-state index contributed by atoms with van der Waals surface area (Å²) in [5.41, 5.74) is 0. The first-order valence-corrected chi connectivity index (χ1v) is 7.43. The summed E-state index contributed by atoms with van der Waals surface area (Å²) in [6.07, 6.45) is 5.70. The number of aromatic nitrogens is 4. The van der Waals surface area contributed by atoms with Gasteiger partial charge in [-0.1, -0.05) is 6.92 Å². The Kier molecular flexibility index (Phi) is 5.14. The van der Waals surface area contributed by atoms with Crippen molar-refractivity contribution in [1.82, 2.24) is 19.5 Å². The molecule has 2 heterocycles. The molecular formula is C15H24N6. The van der Waals surface area contributed by atoms with Crippen molar-refractivity contribution < 1.29 is 0 Å². The van der Waals surface area contributed by atoms with Gasteiger partial charge in [-0.25, -0.2) is 15.0 Å². The second-order valence-electron chi connectivity index (χ2n) is 5.12. The van der Waals surface area contributed by atoms with E-state index in [1.807, 2.05) is 37.1 Å². The van der Waals surface area contributed by atoms with Gasteiger partial charge >= 0.3 is 0 Å². The number of anilines is 2. The third-order valence-corrected chi connectivity index (χ3v) is 3.28. The van der Waals surface area contributed by atoms with E-state index >= 15 is 0 Å². The van der Waals surface area contributed by atoms with Crippen molar-refractivity contribution in [1.29, 1.82) is 0 Å². The van der Waals surface area contributed by atoms with E-state index in [0.29, 0.717) is 0 Å². The molecule has 0 atom stereocenters. The number of imidazole rings is 1. The van der Waals surface area contributed by atoms with Crippen LogP contribution in [-0.4, -0.2) is 33.1 Å². The Bertz CT molecular complexity index is 553. The van der Waals surface area contributed by atoms with E-state index < -0.39 is 0 Å². The molecule has 0 aliphatic rings. The van der Waals surface area contributed by atoms with Gasteiger partial charge in [-0.3, -0.25) is 0 Å². The van der Waals surface area contributed by atoms with Crippen LogP contribution in [-0.2, 0) is 20.0 Å². The minimum Gasteiger partial charge on any atom is -0.370 e. The molecule has 21 heavy (non-hydrogen) atoms. The van der Waals surface area contributed by atoms with Gasteiger partial charge in [0, 0.05) is 45.5 Å². The van der Waals surface area contributed by atoms with Crippen LogP contribution in [0.25, 0.3) is 0 Å². The number of rotatable bonds is 7. The van der Waals surface area contributed by atoms with Crippen LogP contribution < -0.4 is 10.2 Å². The standard InChI is InChI=1S/C15H24N6/c1-5-7-12-18-13(16-6-2)10-14(19-12)21(4)11-15-17-8-9-20(15)3/h8-10H,5-7,11H2,1-4H3,(H,16,18,19). The van der Waals surface area contributed by atoms with Crippen LogP contribution in [0.1, 0.15) is 31.9 Å². The topological polar surface area (TPSA) is 58.9 Å². The number of hydrogen-bond acceptors (Lipinski definition) is 5. The van der Waals surface area contributed by atoms with Crippen molar-refractivity contribution in [2.45, 2.75) is 33.2 Å². The van der Waals surface area contributed by atoms with Gasteiger partial charge in [0.25, 0.3) is 0 Å². The van der Waals surface area contributed by atoms with Gasteiger partial charge in [-0.05, 0) is 13.3 Å². The molecule has 0 amide bonds. The fraction of sp³-hybridized carbons (Fsp3) is 0.533. The molecule has 0 radical (unpaired) electrons. The average molecular weight is 288 g/mol. The summed E-state index contributed by atoms with van der Waals surface area (Å²) in [6.45, 7) is 5.78. The summed E-state index contributed by atoms with van der Waals surface area (Å²) in [5.74, 6) is 3.71. The Morgan fingerprint density at radius 1 is 1.29 bits per heavy atom. The minimum absolute atomic E-state index is 0.720. The highest BCUT2D eigenvalue weighted by Gasteiger charge is 2.10. The Hall–Kier alpha value is -2.11. The monoisotopic (exact) mass is 288 g/mol. The molecule has 0 saturated heterocycles. The zero-order valence-electron chi connectivity index (χ0n) is 13.3. The summed E-state index contributed by atoms with van der Waals surface area (Å²) in [5, 5.41) is 3.27. The molecule has 2 aromatic heterocycles. The highest BCUT2D eigenvalue weighted by molar-refractivity contribution is 5.49.